The minimum absolute atomic E-state index is 0.110. The average molecular weight is 411 g/mol. The monoisotopic (exact) mass is 411 g/mol. The van der Waals surface area contributed by atoms with E-state index < -0.39 is 11.5 Å². The van der Waals surface area contributed by atoms with Crippen LogP contribution in [0.5, 0.6) is 11.5 Å². The number of methoxy groups -OCH3 is 2. The van der Waals surface area contributed by atoms with E-state index in [9.17, 15) is 9.59 Å². The van der Waals surface area contributed by atoms with Gasteiger partial charge in [0, 0.05) is 12.4 Å². The second kappa shape index (κ2) is 8.07. The molecule has 0 spiro atoms. The first-order valence-corrected chi connectivity index (χ1v) is 8.82. The number of esters is 1. The Labute approximate surface area is 169 Å². The molecule has 0 radical (unpaired) electrons. The van der Waals surface area contributed by atoms with Crippen molar-refractivity contribution in [3.8, 4) is 22.8 Å². The third-order valence-corrected chi connectivity index (χ3v) is 4.27. The summed E-state index contributed by atoms with van der Waals surface area (Å²) in [6.07, 6.45) is 3.05. The number of H-pyrrole nitrogens is 1. The predicted octanol–water partition coefficient (Wildman–Crippen LogP) is 1.48. The molecule has 0 aliphatic carbocycles. The Morgan fingerprint density at radius 2 is 1.93 bits per heavy atom. The minimum Gasteiger partial charge on any atom is -0.497 e. The molecule has 4 rings (SSSR count). The second-order valence-corrected chi connectivity index (χ2v) is 6.22. The van der Waals surface area contributed by atoms with Crippen molar-refractivity contribution in [1.82, 2.24) is 24.9 Å². The van der Waals surface area contributed by atoms with Gasteiger partial charge < -0.3 is 23.3 Å². The summed E-state index contributed by atoms with van der Waals surface area (Å²) in [4.78, 5) is 28.3. The van der Waals surface area contributed by atoms with Gasteiger partial charge >= 0.3 is 5.97 Å². The zero-order valence-electron chi connectivity index (χ0n) is 16.1. The number of benzene rings is 1. The highest BCUT2D eigenvalue weighted by molar-refractivity contribution is 5.95. The van der Waals surface area contributed by atoms with Crippen molar-refractivity contribution in [3.05, 3.63) is 64.3 Å². The highest BCUT2D eigenvalue weighted by Crippen LogP contribution is 2.21. The van der Waals surface area contributed by atoms with Gasteiger partial charge in [-0.15, -0.1) is 0 Å². The molecular formula is C19H17N5O6. The lowest BCUT2D eigenvalue weighted by molar-refractivity contribution is 0.0600. The maximum Gasteiger partial charge on any atom is 0.341 e. The van der Waals surface area contributed by atoms with Crippen LogP contribution in [-0.2, 0) is 17.9 Å². The van der Waals surface area contributed by atoms with Crippen LogP contribution in [0, 0.1) is 0 Å². The van der Waals surface area contributed by atoms with Crippen molar-refractivity contribution >= 4 is 5.97 Å². The van der Waals surface area contributed by atoms with E-state index >= 15 is 0 Å². The van der Waals surface area contributed by atoms with E-state index in [2.05, 4.69) is 20.3 Å². The first-order valence-electron chi connectivity index (χ1n) is 8.82. The summed E-state index contributed by atoms with van der Waals surface area (Å²) in [6, 6.07) is 7.10. The van der Waals surface area contributed by atoms with E-state index in [1.165, 1.54) is 13.3 Å². The molecule has 11 nitrogen and oxygen atoms in total. The molecule has 2 aliphatic heterocycles. The fourth-order valence-corrected chi connectivity index (χ4v) is 2.83. The molecule has 2 aliphatic rings. The Kier molecular flexibility index (Phi) is 5.16. The second-order valence-electron chi connectivity index (χ2n) is 6.22. The fraction of sp³-hybridized carbons (Fsp3) is 0.211. The first kappa shape index (κ1) is 19.2. The Bertz CT molecular complexity index is 1190. The molecule has 0 unspecified atom stereocenters. The van der Waals surface area contributed by atoms with Crippen molar-refractivity contribution in [2.45, 2.75) is 13.2 Å². The van der Waals surface area contributed by atoms with Crippen LogP contribution < -0.4 is 15.0 Å². The Hall–Kier alpha value is -4.15. The average Bonchev–Trinajstić information content (AvgIpc) is 3.38. The van der Waals surface area contributed by atoms with Gasteiger partial charge in [0.05, 0.1) is 19.8 Å². The molecule has 0 atom stereocenters. The Morgan fingerprint density at radius 1 is 1.17 bits per heavy atom. The van der Waals surface area contributed by atoms with Crippen LogP contribution in [0.1, 0.15) is 22.1 Å². The maximum atomic E-state index is 12.0. The quantitative estimate of drug-likeness (QED) is 0.449. The summed E-state index contributed by atoms with van der Waals surface area (Å²) in [5, 5.41) is 10.1. The van der Waals surface area contributed by atoms with Gasteiger partial charge in [0.25, 0.3) is 5.56 Å². The smallest absolute Gasteiger partial charge is 0.341 e. The number of nitrogens with one attached hydrogen (secondary N) is 1. The lowest BCUT2D eigenvalue weighted by atomic mass is 10.1. The van der Waals surface area contributed by atoms with Crippen molar-refractivity contribution in [2.24, 2.45) is 0 Å². The molecule has 1 N–H and O–H groups in total. The van der Waals surface area contributed by atoms with Crippen LogP contribution in [-0.4, -0.2) is 45.1 Å². The number of rotatable bonds is 7. The predicted molar refractivity (Wildman–Crippen MR) is 102 cm³/mol. The molecule has 0 saturated carbocycles. The van der Waals surface area contributed by atoms with Crippen LogP contribution in [0.3, 0.4) is 0 Å². The van der Waals surface area contributed by atoms with Gasteiger partial charge in [0.15, 0.2) is 6.61 Å². The fourth-order valence-electron chi connectivity index (χ4n) is 2.83. The highest BCUT2D eigenvalue weighted by Gasteiger charge is 2.22. The molecule has 3 heterocycles. The van der Waals surface area contributed by atoms with Crippen LogP contribution in [0.4, 0.5) is 0 Å². The molecule has 0 saturated heterocycles. The SMILES string of the molecule is COC(=O)c1cn(Cc2nc(COc3ccc(OC)cc3)no2)cc2c(=O)[nH]nc1-2. The molecule has 0 amide bonds. The molecule has 2 aromatic rings. The first-order chi connectivity index (χ1) is 14.6. The van der Waals surface area contributed by atoms with Gasteiger partial charge in [-0.05, 0) is 24.3 Å². The van der Waals surface area contributed by atoms with Crippen molar-refractivity contribution in [2.75, 3.05) is 14.2 Å². The van der Waals surface area contributed by atoms with Gasteiger partial charge in [-0.2, -0.15) is 10.1 Å². The van der Waals surface area contributed by atoms with E-state index in [4.69, 9.17) is 18.7 Å². The van der Waals surface area contributed by atoms with E-state index in [0.29, 0.717) is 11.6 Å². The van der Waals surface area contributed by atoms with Gasteiger partial charge in [-0.25, -0.2) is 9.89 Å². The van der Waals surface area contributed by atoms with Crippen molar-refractivity contribution in [1.29, 1.82) is 0 Å². The van der Waals surface area contributed by atoms with Gasteiger partial charge in [-0.3, -0.25) is 4.79 Å². The van der Waals surface area contributed by atoms with Gasteiger partial charge in [0.1, 0.15) is 29.3 Å². The third-order valence-electron chi connectivity index (χ3n) is 4.27. The number of ether oxygens (including phenoxy) is 3. The molecule has 0 fully saturated rings. The summed E-state index contributed by atoms with van der Waals surface area (Å²) in [5.74, 6) is 1.37. The number of fused-ring (bicyclic) bond motifs is 1. The molecule has 30 heavy (non-hydrogen) atoms. The van der Waals surface area contributed by atoms with Crippen molar-refractivity contribution < 1.29 is 23.5 Å². The third kappa shape index (κ3) is 3.85. The summed E-state index contributed by atoms with van der Waals surface area (Å²) in [7, 11) is 2.84. The molecule has 0 bridgehead atoms. The van der Waals surface area contributed by atoms with Crippen LogP contribution in [0.25, 0.3) is 11.3 Å². The number of carbonyl (C=O) groups excluding carboxylic acids is 1. The number of nitrogens with zero attached hydrogens (tertiary/aromatic N) is 4. The van der Waals surface area contributed by atoms with E-state index in [1.807, 2.05) is 0 Å². The summed E-state index contributed by atoms with van der Waals surface area (Å²) >= 11 is 0. The van der Waals surface area contributed by atoms with Crippen LogP contribution in [0.15, 0.2) is 46.0 Å². The number of carbonyl (C=O) groups is 1. The largest absolute Gasteiger partial charge is 0.497 e. The Balaban J connectivity index is 1.49. The molecule has 1 aromatic heterocycles. The van der Waals surface area contributed by atoms with Gasteiger partial charge in [-0.1, -0.05) is 5.16 Å². The molecule has 154 valence electrons. The van der Waals surface area contributed by atoms with Crippen LogP contribution >= 0.6 is 0 Å². The zero-order chi connectivity index (χ0) is 21.1. The van der Waals surface area contributed by atoms with Gasteiger partial charge in [0.2, 0.25) is 11.7 Å². The van der Waals surface area contributed by atoms with E-state index in [1.54, 1.807) is 42.1 Å². The minimum atomic E-state index is -0.611. The standard InChI is InChI=1S/C19H17N5O6/c1-27-11-3-5-12(6-4-11)29-10-15-20-16(30-23-15)9-24-7-13-17(21-22-18(13)25)14(8-24)19(26)28-2/h3-8H,9-10H2,1-2H3,(H,22,25). The molecule has 11 heteroatoms. The maximum absolute atomic E-state index is 12.0. The number of aromatic nitrogens is 5. The highest BCUT2D eigenvalue weighted by atomic mass is 16.5. The number of hydrogen-bond acceptors (Lipinski definition) is 9. The number of hydrogen-bond donors (Lipinski definition) is 1. The lowest BCUT2D eigenvalue weighted by Gasteiger charge is -2.09. The normalized spacial score (nSPS) is 10.9. The van der Waals surface area contributed by atoms with E-state index in [0.717, 1.165) is 5.75 Å². The van der Waals surface area contributed by atoms with E-state index in [-0.39, 0.29) is 35.9 Å². The zero-order valence-corrected chi connectivity index (χ0v) is 16.1. The topological polar surface area (TPSA) is 134 Å². The number of pyridine rings is 1. The summed E-state index contributed by atoms with van der Waals surface area (Å²) in [5.41, 5.74) is 0.224. The molecule has 1 aromatic carbocycles. The van der Waals surface area contributed by atoms with Crippen LogP contribution in [0.2, 0.25) is 0 Å². The number of aromatic amines is 1. The lowest BCUT2D eigenvalue weighted by Crippen LogP contribution is -2.12. The molecular weight excluding hydrogens is 394 g/mol. The van der Waals surface area contributed by atoms with Crippen molar-refractivity contribution in [3.63, 3.8) is 0 Å². The summed E-state index contributed by atoms with van der Waals surface area (Å²) < 4.78 is 22.3. The summed E-state index contributed by atoms with van der Waals surface area (Å²) in [6.45, 7) is 0.249. The Morgan fingerprint density at radius 3 is 2.67 bits per heavy atom.